The first-order valence-electron chi connectivity index (χ1n) is 8.24. The summed E-state index contributed by atoms with van der Waals surface area (Å²) in [7, 11) is 3.40. The smallest absolute Gasteiger partial charge is 0.156 e. The fourth-order valence-corrected chi connectivity index (χ4v) is 3.06. The summed E-state index contributed by atoms with van der Waals surface area (Å²) in [6.07, 6.45) is 4.49. The molecule has 0 aromatic heterocycles. The Labute approximate surface area is 134 Å². The summed E-state index contributed by atoms with van der Waals surface area (Å²) in [5.41, 5.74) is 1.25. The van der Waals surface area contributed by atoms with Crippen LogP contribution in [0.25, 0.3) is 0 Å². The zero-order chi connectivity index (χ0) is 15.6. The number of hydrogen-bond acceptors (Lipinski definition) is 4. The minimum absolute atomic E-state index is 0.0737. The van der Waals surface area contributed by atoms with E-state index in [9.17, 15) is 0 Å². The summed E-state index contributed by atoms with van der Waals surface area (Å²) in [5, 5.41) is 0. The van der Waals surface area contributed by atoms with Gasteiger partial charge in [-0.25, -0.2) is 0 Å². The third kappa shape index (κ3) is 5.69. The molecule has 0 aliphatic carbocycles. The molecule has 1 heterocycles. The van der Waals surface area contributed by atoms with Crippen molar-refractivity contribution in [1.82, 2.24) is 4.90 Å². The molecule has 1 atom stereocenters. The predicted octanol–water partition coefficient (Wildman–Crippen LogP) is 3.07. The lowest BCUT2D eigenvalue weighted by Gasteiger charge is -2.25. The van der Waals surface area contributed by atoms with E-state index in [0.717, 1.165) is 26.0 Å². The van der Waals surface area contributed by atoms with Gasteiger partial charge in [0.15, 0.2) is 6.29 Å². The van der Waals surface area contributed by atoms with Crippen LogP contribution in [0.3, 0.4) is 0 Å². The maximum absolute atomic E-state index is 5.91. The van der Waals surface area contributed by atoms with Gasteiger partial charge in [-0.05, 0) is 44.3 Å². The van der Waals surface area contributed by atoms with Gasteiger partial charge in [0.2, 0.25) is 0 Å². The Morgan fingerprint density at radius 1 is 1.18 bits per heavy atom. The van der Waals surface area contributed by atoms with E-state index >= 15 is 0 Å². The van der Waals surface area contributed by atoms with Crippen LogP contribution >= 0.6 is 0 Å². The SMILES string of the molecule is COC(CCCN1CCC[C@@H]1COCc1ccccc1)OC. The molecule has 0 unspecified atom stereocenters. The van der Waals surface area contributed by atoms with Crippen molar-refractivity contribution in [2.75, 3.05) is 33.9 Å². The van der Waals surface area contributed by atoms with Crippen LogP contribution in [0.4, 0.5) is 0 Å². The van der Waals surface area contributed by atoms with Crippen molar-refractivity contribution in [2.24, 2.45) is 0 Å². The molecule has 4 heteroatoms. The summed E-state index contributed by atoms with van der Waals surface area (Å²) in [5.74, 6) is 0. The van der Waals surface area contributed by atoms with E-state index in [0.29, 0.717) is 12.6 Å². The van der Waals surface area contributed by atoms with Crippen LogP contribution in [-0.4, -0.2) is 51.1 Å². The average Bonchev–Trinajstić information content (AvgIpc) is 3.00. The molecule has 1 aliphatic rings. The second-order valence-electron chi connectivity index (χ2n) is 5.88. The van der Waals surface area contributed by atoms with Crippen LogP contribution in [0.15, 0.2) is 30.3 Å². The van der Waals surface area contributed by atoms with E-state index in [1.54, 1.807) is 14.2 Å². The summed E-state index contributed by atoms with van der Waals surface area (Å²) in [4.78, 5) is 2.55. The van der Waals surface area contributed by atoms with Gasteiger partial charge in [-0.1, -0.05) is 30.3 Å². The quantitative estimate of drug-likeness (QED) is 0.622. The molecule has 1 aromatic carbocycles. The van der Waals surface area contributed by atoms with Crippen molar-refractivity contribution in [2.45, 2.75) is 44.6 Å². The number of nitrogens with zero attached hydrogens (tertiary/aromatic N) is 1. The highest BCUT2D eigenvalue weighted by Crippen LogP contribution is 2.19. The van der Waals surface area contributed by atoms with Crippen molar-refractivity contribution < 1.29 is 14.2 Å². The Hall–Kier alpha value is -0.940. The first-order valence-corrected chi connectivity index (χ1v) is 8.24. The van der Waals surface area contributed by atoms with Crippen LogP contribution in [0.5, 0.6) is 0 Å². The minimum atomic E-state index is -0.0737. The molecule has 1 fully saturated rings. The van der Waals surface area contributed by atoms with E-state index in [1.807, 2.05) is 6.07 Å². The summed E-state index contributed by atoms with van der Waals surface area (Å²) >= 11 is 0. The lowest BCUT2D eigenvalue weighted by atomic mass is 10.2. The number of likely N-dealkylation sites (tertiary alicyclic amines) is 1. The van der Waals surface area contributed by atoms with Crippen molar-refractivity contribution >= 4 is 0 Å². The second-order valence-corrected chi connectivity index (χ2v) is 5.88. The lowest BCUT2D eigenvalue weighted by Crippen LogP contribution is -2.34. The van der Waals surface area contributed by atoms with Crippen molar-refractivity contribution in [3.63, 3.8) is 0 Å². The Morgan fingerprint density at radius 3 is 2.68 bits per heavy atom. The van der Waals surface area contributed by atoms with Gasteiger partial charge in [0.1, 0.15) is 0 Å². The Balaban J connectivity index is 1.65. The first-order chi connectivity index (χ1) is 10.8. The zero-order valence-corrected chi connectivity index (χ0v) is 13.9. The van der Waals surface area contributed by atoms with Crippen LogP contribution in [0.1, 0.15) is 31.2 Å². The van der Waals surface area contributed by atoms with E-state index < -0.39 is 0 Å². The van der Waals surface area contributed by atoms with Crippen molar-refractivity contribution in [3.05, 3.63) is 35.9 Å². The molecule has 2 rings (SSSR count). The third-order valence-electron chi connectivity index (χ3n) is 4.33. The summed E-state index contributed by atoms with van der Waals surface area (Å²) in [6.45, 7) is 3.82. The van der Waals surface area contributed by atoms with Gasteiger partial charge in [-0.15, -0.1) is 0 Å². The molecule has 22 heavy (non-hydrogen) atoms. The Morgan fingerprint density at radius 2 is 1.95 bits per heavy atom. The lowest BCUT2D eigenvalue weighted by molar-refractivity contribution is -0.107. The normalized spacial score (nSPS) is 19.1. The molecule has 0 bridgehead atoms. The third-order valence-corrected chi connectivity index (χ3v) is 4.33. The van der Waals surface area contributed by atoms with Gasteiger partial charge in [-0.3, -0.25) is 4.90 Å². The van der Waals surface area contributed by atoms with Crippen LogP contribution in [0, 0.1) is 0 Å². The monoisotopic (exact) mass is 307 g/mol. The molecule has 1 saturated heterocycles. The highest BCUT2D eigenvalue weighted by atomic mass is 16.7. The first kappa shape index (κ1) is 17.4. The highest BCUT2D eigenvalue weighted by Gasteiger charge is 2.24. The predicted molar refractivity (Wildman–Crippen MR) is 87.7 cm³/mol. The largest absolute Gasteiger partial charge is 0.375 e. The fourth-order valence-electron chi connectivity index (χ4n) is 3.06. The van der Waals surface area contributed by atoms with Gasteiger partial charge in [0.05, 0.1) is 13.2 Å². The maximum atomic E-state index is 5.91. The average molecular weight is 307 g/mol. The molecule has 0 saturated carbocycles. The minimum Gasteiger partial charge on any atom is -0.375 e. The molecule has 1 aliphatic heterocycles. The van der Waals surface area contributed by atoms with Gasteiger partial charge in [-0.2, -0.15) is 0 Å². The topological polar surface area (TPSA) is 30.9 Å². The summed E-state index contributed by atoms with van der Waals surface area (Å²) < 4.78 is 16.4. The van der Waals surface area contributed by atoms with E-state index in [4.69, 9.17) is 14.2 Å². The second kappa shape index (κ2) is 9.95. The molecule has 0 spiro atoms. The van der Waals surface area contributed by atoms with Gasteiger partial charge < -0.3 is 14.2 Å². The zero-order valence-electron chi connectivity index (χ0n) is 13.9. The molecule has 124 valence electrons. The number of ether oxygens (including phenoxy) is 3. The van der Waals surface area contributed by atoms with Crippen molar-refractivity contribution in [1.29, 1.82) is 0 Å². The van der Waals surface area contributed by atoms with Gasteiger partial charge in [0, 0.05) is 20.3 Å². The number of benzene rings is 1. The molecule has 0 radical (unpaired) electrons. The number of rotatable bonds is 10. The molecule has 4 nitrogen and oxygen atoms in total. The van der Waals surface area contributed by atoms with E-state index in [-0.39, 0.29) is 6.29 Å². The van der Waals surface area contributed by atoms with Crippen molar-refractivity contribution in [3.8, 4) is 0 Å². The van der Waals surface area contributed by atoms with E-state index in [1.165, 1.54) is 24.9 Å². The van der Waals surface area contributed by atoms with Crippen LogP contribution < -0.4 is 0 Å². The molecule has 1 aromatic rings. The maximum Gasteiger partial charge on any atom is 0.156 e. The fraction of sp³-hybridized carbons (Fsp3) is 0.667. The van der Waals surface area contributed by atoms with Gasteiger partial charge >= 0.3 is 0 Å². The Kier molecular flexibility index (Phi) is 7.88. The highest BCUT2D eigenvalue weighted by molar-refractivity contribution is 5.13. The molecular formula is C18H29NO3. The van der Waals surface area contributed by atoms with E-state index in [2.05, 4.69) is 29.2 Å². The van der Waals surface area contributed by atoms with Gasteiger partial charge in [0.25, 0.3) is 0 Å². The Bertz CT molecular complexity index is 395. The standard InChI is InChI=1S/C18H29NO3/c1-20-18(21-2)11-7-13-19-12-6-10-17(19)15-22-14-16-8-4-3-5-9-16/h3-5,8-9,17-18H,6-7,10-15H2,1-2H3/t17-/m1/s1. The molecule has 0 amide bonds. The van der Waals surface area contributed by atoms with Crippen LogP contribution in [0.2, 0.25) is 0 Å². The number of methoxy groups -OCH3 is 2. The summed E-state index contributed by atoms with van der Waals surface area (Å²) in [6, 6.07) is 10.9. The molecular weight excluding hydrogens is 278 g/mol. The van der Waals surface area contributed by atoms with Crippen LogP contribution in [-0.2, 0) is 20.8 Å². The number of hydrogen-bond donors (Lipinski definition) is 0. The molecule has 0 N–H and O–H groups in total.